The Balaban J connectivity index is 2.10. The predicted octanol–water partition coefficient (Wildman–Crippen LogP) is 2.41. The summed E-state index contributed by atoms with van der Waals surface area (Å²) in [6.07, 6.45) is 2.17. The standard InChI is InChI=1S/C13H14O3/c14-12-8-6-11(7-9-13(15)16-12)10-4-2-1-3-5-10/h1-5,11H,6-9H2. The van der Waals surface area contributed by atoms with Crippen molar-refractivity contribution in [3.05, 3.63) is 35.9 Å². The number of esters is 2. The van der Waals surface area contributed by atoms with Gasteiger partial charge < -0.3 is 4.74 Å². The minimum absolute atomic E-state index is 0.290. The third-order valence-electron chi connectivity index (χ3n) is 2.89. The molecule has 0 aromatic heterocycles. The third kappa shape index (κ3) is 2.69. The van der Waals surface area contributed by atoms with Crippen LogP contribution >= 0.6 is 0 Å². The summed E-state index contributed by atoms with van der Waals surface area (Å²) in [6.45, 7) is 0. The zero-order chi connectivity index (χ0) is 11.4. The van der Waals surface area contributed by atoms with Gasteiger partial charge in [0.05, 0.1) is 0 Å². The van der Waals surface area contributed by atoms with Crippen LogP contribution in [0.25, 0.3) is 0 Å². The number of cyclic esters (lactones) is 2. The fraction of sp³-hybridized carbons (Fsp3) is 0.385. The molecule has 0 amide bonds. The van der Waals surface area contributed by atoms with Crippen molar-refractivity contribution in [1.82, 2.24) is 0 Å². The van der Waals surface area contributed by atoms with E-state index in [0.717, 1.165) is 12.8 Å². The molecule has 0 radical (unpaired) electrons. The topological polar surface area (TPSA) is 43.4 Å². The van der Waals surface area contributed by atoms with Crippen molar-refractivity contribution in [2.75, 3.05) is 0 Å². The quantitative estimate of drug-likeness (QED) is 0.537. The van der Waals surface area contributed by atoms with Crippen LogP contribution in [0.1, 0.15) is 37.2 Å². The van der Waals surface area contributed by atoms with Gasteiger partial charge in [0.2, 0.25) is 0 Å². The molecule has 1 saturated heterocycles. The minimum atomic E-state index is -0.398. The zero-order valence-corrected chi connectivity index (χ0v) is 9.02. The fourth-order valence-corrected chi connectivity index (χ4v) is 2.02. The smallest absolute Gasteiger partial charge is 0.313 e. The van der Waals surface area contributed by atoms with Crippen LogP contribution in [0.15, 0.2) is 30.3 Å². The van der Waals surface area contributed by atoms with E-state index in [0.29, 0.717) is 12.8 Å². The van der Waals surface area contributed by atoms with Crippen molar-refractivity contribution in [3.8, 4) is 0 Å². The highest BCUT2D eigenvalue weighted by Crippen LogP contribution is 2.28. The van der Waals surface area contributed by atoms with E-state index in [4.69, 9.17) is 0 Å². The molecule has 16 heavy (non-hydrogen) atoms. The van der Waals surface area contributed by atoms with E-state index in [1.807, 2.05) is 30.3 Å². The van der Waals surface area contributed by atoms with Gasteiger partial charge in [-0.25, -0.2) is 0 Å². The van der Waals surface area contributed by atoms with Crippen molar-refractivity contribution >= 4 is 11.9 Å². The molecule has 0 bridgehead atoms. The summed E-state index contributed by atoms with van der Waals surface area (Å²) in [7, 11) is 0. The summed E-state index contributed by atoms with van der Waals surface area (Å²) in [6, 6.07) is 10.0. The van der Waals surface area contributed by atoms with Gasteiger partial charge in [-0.3, -0.25) is 9.59 Å². The van der Waals surface area contributed by atoms with Crippen molar-refractivity contribution in [2.45, 2.75) is 31.6 Å². The van der Waals surface area contributed by atoms with Crippen LogP contribution in [-0.2, 0) is 14.3 Å². The Morgan fingerprint density at radius 1 is 0.938 bits per heavy atom. The molecular formula is C13H14O3. The molecule has 0 N–H and O–H groups in total. The molecule has 0 saturated carbocycles. The Bertz CT molecular complexity index is 365. The minimum Gasteiger partial charge on any atom is -0.393 e. The van der Waals surface area contributed by atoms with Gasteiger partial charge in [0.25, 0.3) is 0 Å². The van der Waals surface area contributed by atoms with Gasteiger partial charge in [0.1, 0.15) is 0 Å². The van der Waals surface area contributed by atoms with Gasteiger partial charge in [-0.1, -0.05) is 30.3 Å². The molecule has 1 heterocycles. The number of rotatable bonds is 1. The van der Waals surface area contributed by atoms with Crippen LogP contribution in [-0.4, -0.2) is 11.9 Å². The predicted molar refractivity (Wildman–Crippen MR) is 58.8 cm³/mol. The molecule has 0 aliphatic carbocycles. The summed E-state index contributed by atoms with van der Waals surface area (Å²) in [5.74, 6) is -0.505. The van der Waals surface area contributed by atoms with E-state index in [-0.39, 0.29) is 5.92 Å². The maximum absolute atomic E-state index is 11.2. The average molecular weight is 218 g/mol. The lowest BCUT2D eigenvalue weighted by atomic mass is 9.89. The summed E-state index contributed by atoms with van der Waals surface area (Å²) in [4.78, 5) is 22.4. The van der Waals surface area contributed by atoms with Crippen LogP contribution in [0.4, 0.5) is 0 Å². The average Bonchev–Trinajstić information content (AvgIpc) is 2.28. The first kappa shape index (κ1) is 10.9. The molecule has 1 aliphatic heterocycles. The van der Waals surface area contributed by atoms with E-state index in [2.05, 4.69) is 4.74 Å². The maximum atomic E-state index is 11.2. The third-order valence-corrected chi connectivity index (χ3v) is 2.89. The Morgan fingerprint density at radius 3 is 2.06 bits per heavy atom. The lowest BCUT2D eigenvalue weighted by molar-refractivity contribution is -0.160. The summed E-state index contributed by atoms with van der Waals surface area (Å²) >= 11 is 0. The maximum Gasteiger partial charge on any atom is 0.313 e. The monoisotopic (exact) mass is 218 g/mol. The molecule has 1 aromatic carbocycles. The van der Waals surface area contributed by atoms with Gasteiger partial charge in [-0.15, -0.1) is 0 Å². The fourth-order valence-electron chi connectivity index (χ4n) is 2.02. The Hall–Kier alpha value is -1.64. The number of benzene rings is 1. The molecule has 0 atom stereocenters. The Kier molecular flexibility index (Phi) is 3.34. The summed E-state index contributed by atoms with van der Waals surface area (Å²) in [5, 5.41) is 0. The highest BCUT2D eigenvalue weighted by molar-refractivity contribution is 5.85. The molecule has 0 spiro atoms. The van der Waals surface area contributed by atoms with Crippen molar-refractivity contribution in [3.63, 3.8) is 0 Å². The summed E-state index contributed by atoms with van der Waals surface area (Å²) < 4.78 is 4.60. The van der Waals surface area contributed by atoms with Gasteiger partial charge in [-0.05, 0) is 24.3 Å². The highest BCUT2D eigenvalue weighted by atomic mass is 16.6. The lowest BCUT2D eigenvalue weighted by Crippen LogP contribution is -2.17. The van der Waals surface area contributed by atoms with Crippen LogP contribution in [0.3, 0.4) is 0 Å². The highest BCUT2D eigenvalue weighted by Gasteiger charge is 2.21. The molecule has 84 valence electrons. The normalized spacial score (nSPS) is 18.8. The molecule has 1 aliphatic rings. The van der Waals surface area contributed by atoms with E-state index in [1.54, 1.807) is 0 Å². The first-order valence-electron chi connectivity index (χ1n) is 5.54. The van der Waals surface area contributed by atoms with E-state index >= 15 is 0 Å². The molecule has 2 rings (SSSR count). The molecular weight excluding hydrogens is 204 g/mol. The van der Waals surface area contributed by atoms with Gasteiger partial charge in [0.15, 0.2) is 0 Å². The number of hydrogen-bond donors (Lipinski definition) is 0. The van der Waals surface area contributed by atoms with Crippen LogP contribution in [0, 0.1) is 0 Å². The van der Waals surface area contributed by atoms with Crippen molar-refractivity contribution in [2.24, 2.45) is 0 Å². The number of hydrogen-bond acceptors (Lipinski definition) is 3. The zero-order valence-electron chi connectivity index (χ0n) is 9.02. The summed E-state index contributed by atoms with van der Waals surface area (Å²) in [5.41, 5.74) is 1.20. The van der Waals surface area contributed by atoms with E-state index < -0.39 is 11.9 Å². The molecule has 3 heteroatoms. The van der Waals surface area contributed by atoms with Gasteiger partial charge in [0, 0.05) is 12.8 Å². The Morgan fingerprint density at radius 2 is 1.50 bits per heavy atom. The van der Waals surface area contributed by atoms with Crippen molar-refractivity contribution in [1.29, 1.82) is 0 Å². The van der Waals surface area contributed by atoms with Gasteiger partial charge in [-0.2, -0.15) is 0 Å². The lowest BCUT2D eigenvalue weighted by Gasteiger charge is -2.18. The van der Waals surface area contributed by atoms with Gasteiger partial charge >= 0.3 is 11.9 Å². The number of ether oxygens (including phenoxy) is 1. The van der Waals surface area contributed by atoms with E-state index in [1.165, 1.54) is 5.56 Å². The first-order valence-corrected chi connectivity index (χ1v) is 5.54. The SMILES string of the molecule is O=C1CCC(c2ccccc2)CCC(=O)O1. The molecule has 1 fully saturated rings. The second-order valence-electron chi connectivity index (χ2n) is 4.03. The van der Waals surface area contributed by atoms with E-state index in [9.17, 15) is 9.59 Å². The molecule has 3 nitrogen and oxygen atoms in total. The second-order valence-corrected chi connectivity index (χ2v) is 4.03. The molecule has 0 unspecified atom stereocenters. The van der Waals surface area contributed by atoms with Crippen LogP contribution < -0.4 is 0 Å². The molecule has 1 aromatic rings. The second kappa shape index (κ2) is 4.92. The first-order chi connectivity index (χ1) is 7.75. The van der Waals surface area contributed by atoms with Crippen molar-refractivity contribution < 1.29 is 14.3 Å². The van der Waals surface area contributed by atoms with Crippen LogP contribution in [0.5, 0.6) is 0 Å². The van der Waals surface area contributed by atoms with Crippen LogP contribution in [0.2, 0.25) is 0 Å². The largest absolute Gasteiger partial charge is 0.393 e. The number of carbonyl (C=O) groups excluding carboxylic acids is 2. The Labute approximate surface area is 94.4 Å². The number of carbonyl (C=O) groups is 2.